The van der Waals surface area contributed by atoms with Crippen LogP contribution in [-0.2, 0) is 14.3 Å². The van der Waals surface area contributed by atoms with Gasteiger partial charge in [-0.05, 0) is 61.2 Å². The summed E-state index contributed by atoms with van der Waals surface area (Å²) in [6.45, 7) is 11.1. The first-order valence-electron chi connectivity index (χ1n) is 10.6. The summed E-state index contributed by atoms with van der Waals surface area (Å²) in [7, 11) is 0. The van der Waals surface area contributed by atoms with Crippen LogP contribution in [0.4, 0.5) is 0 Å². The minimum absolute atomic E-state index is 0. The fourth-order valence-electron chi connectivity index (χ4n) is 7.23. The molecule has 3 heteroatoms. The van der Waals surface area contributed by atoms with E-state index in [4.69, 9.17) is 4.74 Å². The molecule has 1 heterocycles. The fraction of sp³-hybridized carbons (Fsp3) is 0.913. The number of cyclic esters (lactones) is 1. The Morgan fingerprint density at radius 1 is 0.885 bits per heavy atom. The zero-order valence-corrected chi connectivity index (χ0v) is 16.8. The van der Waals surface area contributed by atoms with Crippen molar-refractivity contribution in [3.63, 3.8) is 0 Å². The Hall–Kier alpha value is -0.860. The normalized spacial score (nSPS) is 47.0. The molecule has 3 nitrogen and oxygen atoms in total. The van der Waals surface area contributed by atoms with Gasteiger partial charge in [-0.3, -0.25) is 9.59 Å². The van der Waals surface area contributed by atoms with Crippen LogP contribution in [0.15, 0.2) is 0 Å². The molecule has 0 radical (unpaired) electrons. The van der Waals surface area contributed by atoms with E-state index in [0.717, 1.165) is 19.3 Å². The van der Waals surface area contributed by atoms with Crippen LogP contribution in [0.2, 0.25) is 0 Å². The fourth-order valence-corrected chi connectivity index (χ4v) is 7.23. The molecule has 150 valence electrons. The lowest BCUT2D eigenvalue weighted by Gasteiger charge is -2.58. The van der Waals surface area contributed by atoms with E-state index in [2.05, 4.69) is 20.8 Å². The molecule has 26 heavy (non-hydrogen) atoms. The Morgan fingerprint density at radius 3 is 2.15 bits per heavy atom. The Labute approximate surface area is 160 Å². The molecule has 0 aromatic heterocycles. The predicted octanol–water partition coefficient (Wildman–Crippen LogP) is 5.80. The predicted molar refractivity (Wildman–Crippen MR) is 106 cm³/mol. The summed E-state index contributed by atoms with van der Waals surface area (Å²) >= 11 is 0. The molecule has 4 rings (SSSR count). The zero-order valence-electron chi connectivity index (χ0n) is 16.8. The first kappa shape index (κ1) is 21.4. The molecule has 0 amide bonds. The van der Waals surface area contributed by atoms with Crippen molar-refractivity contribution in [2.75, 3.05) is 0 Å². The van der Waals surface area contributed by atoms with E-state index in [0.29, 0.717) is 40.8 Å². The summed E-state index contributed by atoms with van der Waals surface area (Å²) in [6.07, 6.45) is 8.34. The van der Waals surface area contributed by atoms with E-state index < -0.39 is 0 Å². The number of hydrogen-bond donors (Lipinski definition) is 0. The van der Waals surface area contributed by atoms with E-state index in [1.165, 1.54) is 25.7 Å². The van der Waals surface area contributed by atoms with Crippen molar-refractivity contribution in [1.82, 2.24) is 0 Å². The molecule has 1 saturated heterocycles. The standard InChI is InChI=1S/C20H30O3.C2H6.CH4/c1-12-13-8-10-20(3)14(16-5-7-18(22)23-16)4-6-17(20)19(13,2)11-9-15(12)21;1-2;/h12-14,16-17H,4-11H2,1-3H3;1-2H3;1H4. The van der Waals surface area contributed by atoms with Gasteiger partial charge in [-0.25, -0.2) is 0 Å². The van der Waals surface area contributed by atoms with Crippen LogP contribution in [-0.4, -0.2) is 17.9 Å². The molecule has 0 aromatic carbocycles. The van der Waals surface area contributed by atoms with Crippen LogP contribution < -0.4 is 0 Å². The number of esters is 1. The number of Topliss-reactive ketones (excluding diaryl/α,β-unsaturated/α-hetero) is 1. The number of rotatable bonds is 1. The number of carbonyl (C=O) groups excluding carboxylic acids is 2. The van der Waals surface area contributed by atoms with Crippen LogP contribution >= 0.6 is 0 Å². The second-order valence-corrected chi connectivity index (χ2v) is 9.22. The van der Waals surface area contributed by atoms with Crippen molar-refractivity contribution in [3.8, 4) is 0 Å². The van der Waals surface area contributed by atoms with Crippen molar-refractivity contribution in [2.45, 2.75) is 99.5 Å². The summed E-state index contributed by atoms with van der Waals surface area (Å²) < 4.78 is 5.67. The van der Waals surface area contributed by atoms with Crippen molar-refractivity contribution in [3.05, 3.63) is 0 Å². The van der Waals surface area contributed by atoms with E-state index >= 15 is 0 Å². The van der Waals surface area contributed by atoms with Crippen LogP contribution in [0, 0.1) is 34.5 Å². The van der Waals surface area contributed by atoms with E-state index in [1.54, 1.807) is 0 Å². The third-order valence-corrected chi connectivity index (χ3v) is 8.43. The van der Waals surface area contributed by atoms with Crippen LogP contribution in [0.3, 0.4) is 0 Å². The number of carbonyl (C=O) groups is 2. The monoisotopic (exact) mass is 364 g/mol. The second kappa shape index (κ2) is 7.64. The third kappa shape index (κ3) is 3.03. The molecule has 4 fully saturated rings. The summed E-state index contributed by atoms with van der Waals surface area (Å²) in [5.41, 5.74) is 0.596. The minimum atomic E-state index is -0.00108. The Kier molecular flexibility index (Phi) is 6.30. The molecule has 3 saturated carbocycles. The molecule has 0 bridgehead atoms. The summed E-state index contributed by atoms with van der Waals surface area (Å²) in [5, 5.41) is 0. The molecular weight excluding hydrogens is 324 g/mol. The molecule has 3 aliphatic carbocycles. The molecule has 0 aromatic rings. The van der Waals surface area contributed by atoms with Crippen LogP contribution in [0.5, 0.6) is 0 Å². The highest BCUT2D eigenvalue weighted by Crippen LogP contribution is 2.68. The summed E-state index contributed by atoms with van der Waals surface area (Å²) in [5.74, 6) is 2.50. The highest BCUT2D eigenvalue weighted by molar-refractivity contribution is 5.82. The lowest BCUT2D eigenvalue weighted by Crippen LogP contribution is -2.54. The number of hydrogen-bond acceptors (Lipinski definition) is 3. The maximum atomic E-state index is 12.2. The van der Waals surface area contributed by atoms with Crippen molar-refractivity contribution in [1.29, 1.82) is 0 Å². The van der Waals surface area contributed by atoms with Crippen LogP contribution in [0.25, 0.3) is 0 Å². The number of fused-ring (bicyclic) bond motifs is 3. The molecule has 7 atom stereocenters. The van der Waals surface area contributed by atoms with Crippen LogP contribution in [0.1, 0.15) is 93.4 Å². The first-order chi connectivity index (χ1) is 11.9. The molecule has 4 aliphatic rings. The molecule has 0 spiro atoms. The maximum Gasteiger partial charge on any atom is 0.306 e. The van der Waals surface area contributed by atoms with Gasteiger partial charge in [0, 0.05) is 24.7 Å². The van der Waals surface area contributed by atoms with Gasteiger partial charge in [-0.2, -0.15) is 0 Å². The Balaban J connectivity index is 0.000000784. The van der Waals surface area contributed by atoms with Crippen molar-refractivity contribution >= 4 is 11.8 Å². The van der Waals surface area contributed by atoms with Gasteiger partial charge in [0.15, 0.2) is 0 Å². The highest BCUT2D eigenvalue weighted by atomic mass is 16.5. The molecule has 1 aliphatic heterocycles. The van der Waals surface area contributed by atoms with E-state index in [-0.39, 0.29) is 25.4 Å². The average molecular weight is 365 g/mol. The molecular formula is C23H40O3. The van der Waals surface area contributed by atoms with Gasteiger partial charge >= 0.3 is 5.97 Å². The molecule has 0 N–H and O–H groups in total. The van der Waals surface area contributed by atoms with Gasteiger partial charge in [0.1, 0.15) is 11.9 Å². The van der Waals surface area contributed by atoms with Gasteiger partial charge in [-0.1, -0.05) is 42.0 Å². The largest absolute Gasteiger partial charge is 0.462 e. The quantitative estimate of drug-likeness (QED) is 0.552. The second-order valence-electron chi connectivity index (χ2n) is 9.22. The zero-order chi connectivity index (χ0) is 18.4. The first-order valence-corrected chi connectivity index (χ1v) is 10.6. The van der Waals surface area contributed by atoms with E-state index in [9.17, 15) is 9.59 Å². The van der Waals surface area contributed by atoms with Gasteiger partial charge < -0.3 is 4.74 Å². The van der Waals surface area contributed by atoms with Gasteiger partial charge in [0.25, 0.3) is 0 Å². The lowest BCUT2D eigenvalue weighted by molar-refractivity contribution is -0.153. The average Bonchev–Trinajstić information content (AvgIpc) is 3.17. The lowest BCUT2D eigenvalue weighted by atomic mass is 9.46. The summed E-state index contributed by atoms with van der Waals surface area (Å²) in [6, 6.07) is 0. The minimum Gasteiger partial charge on any atom is -0.462 e. The van der Waals surface area contributed by atoms with Crippen molar-refractivity contribution < 1.29 is 14.3 Å². The Bertz CT molecular complexity index is 542. The highest BCUT2D eigenvalue weighted by Gasteiger charge is 2.62. The molecule has 7 unspecified atom stereocenters. The van der Waals surface area contributed by atoms with E-state index in [1.807, 2.05) is 13.8 Å². The van der Waals surface area contributed by atoms with Gasteiger partial charge in [0.2, 0.25) is 0 Å². The topological polar surface area (TPSA) is 43.4 Å². The smallest absolute Gasteiger partial charge is 0.306 e. The van der Waals surface area contributed by atoms with Crippen molar-refractivity contribution in [2.24, 2.45) is 34.5 Å². The SMILES string of the molecule is C.CC.CC1C(=O)CCC2(C)C1CCC1(C)C(C3CCC(=O)O3)CCC12. The number of ketones is 1. The van der Waals surface area contributed by atoms with Gasteiger partial charge in [0.05, 0.1) is 0 Å². The third-order valence-electron chi connectivity index (χ3n) is 8.43. The van der Waals surface area contributed by atoms with Gasteiger partial charge in [-0.15, -0.1) is 0 Å². The Morgan fingerprint density at radius 2 is 1.54 bits per heavy atom. The maximum absolute atomic E-state index is 12.2. The summed E-state index contributed by atoms with van der Waals surface area (Å²) in [4.78, 5) is 23.8. The number of ether oxygens (including phenoxy) is 1.